The van der Waals surface area contributed by atoms with Crippen LogP contribution in [0.15, 0.2) is 54.6 Å². The van der Waals surface area contributed by atoms with E-state index in [4.69, 9.17) is 4.74 Å². The first-order valence-corrected chi connectivity index (χ1v) is 8.70. The van der Waals surface area contributed by atoms with E-state index < -0.39 is 11.4 Å². The zero-order valence-corrected chi connectivity index (χ0v) is 15.2. The summed E-state index contributed by atoms with van der Waals surface area (Å²) in [5, 5.41) is 12.6. The molecular formula is C21H25NO4. The molecule has 5 heteroatoms. The van der Waals surface area contributed by atoms with E-state index in [1.165, 1.54) is 0 Å². The molecule has 0 spiro atoms. The number of aliphatic carboxylic acids is 1. The number of benzene rings is 2. The van der Waals surface area contributed by atoms with E-state index in [1.807, 2.05) is 49.4 Å². The fraction of sp³-hybridized carbons (Fsp3) is 0.333. The molecule has 0 heterocycles. The van der Waals surface area contributed by atoms with Crippen LogP contribution in [0.3, 0.4) is 0 Å². The van der Waals surface area contributed by atoms with Crippen LogP contribution in [-0.4, -0.2) is 30.6 Å². The monoisotopic (exact) mass is 355 g/mol. The molecule has 2 aromatic carbocycles. The maximum Gasteiger partial charge on any atom is 0.315 e. The summed E-state index contributed by atoms with van der Waals surface area (Å²) < 4.78 is 5.11. The quantitative estimate of drug-likeness (QED) is 0.724. The van der Waals surface area contributed by atoms with Gasteiger partial charge >= 0.3 is 5.97 Å². The molecule has 0 saturated carbocycles. The number of ether oxygens (including phenoxy) is 1. The molecule has 0 aromatic heterocycles. The van der Waals surface area contributed by atoms with E-state index in [-0.39, 0.29) is 12.5 Å². The Morgan fingerprint density at radius 1 is 1.08 bits per heavy atom. The minimum Gasteiger partial charge on any atom is -0.497 e. The standard InChI is InChI=1S/C21H25NO4/c1-3-21(20(24)25,17-7-5-4-6-8-17)15-22-19(23)14-11-16-9-12-18(26-2)13-10-16/h4-10,12-13H,3,11,14-15H2,1-2H3,(H,22,23)(H,24,25). The molecule has 0 aliphatic carbocycles. The van der Waals surface area contributed by atoms with Gasteiger partial charge in [-0.3, -0.25) is 9.59 Å². The molecule has 0 aliphatic heterocycles. The lowest BCUT2D eigenvalue weighted by atomic mass is 9.78. The van der Waals surface area contributed by atoms with Crippen LogP contribution in [0.4, 0.5) is 0 Å². The van der Waals surface area contributed by atoms with Gasteiger partial charge in [0.25, 0.3) is 0 Å². The van der Waals surface area contributed by atoms with Crippen LogP contribution in [0.25, 0.3) is 0 Å². The average Bonchev–Trinajstić information content (AvgIpc) is 2.68. The first-order chi connectivity index (χ1) is 12.5. The number of methoxy groups -OCH3 is 1. The molecule has 2 rings (SSSR count). The fourth-order valence-electron chi connectivity index (χ4n) is 2.93. The van der Waals surface area contributed by atoms with Crippen molar-refractivity contribution < 1.29 is 19.4 Å². The summed E-state index contributed by atoms with van der Waals surface area (Å²) in [6.07, 6.45) is 1.29. The van der Waals surface area contributed by atoms with Crippen molar-refractivity contribution in [3.8, 4) is 5.75 Å². The number of carboxylic acid groups (broad SMARTS) is 1. The molecule has 0 aliphatic rings. The number of aryl methyl sites for hydroxylation is 1. The number of amides is 1. The highest BCUT2D eigenvalue weighted by Gasteiger charge is 2.38. The van der Waals surface area contributed by atoms with Crippen molar-refractivity contribution in [1.29, 1.82) is 0 Å². The number of hydrogen-bond donors (Lipinski definition) is 2. The molecule has 138 valence electrons. The Morgan fingerprint density at radius 3 is 2.27 bits per heavy atom. The minimum atomic E-state index is -1.11. The Labute approximate surface area is 154 Å². The van der Waals surface area contributed by atoms with Crippen LogP contribution in [0.1, 0.15) is 30.9 Å². The van der Waals surface area contributed by atoms with Crippen molar-refractivity contribution in [3.05, 3.63) is 65.7 Å². The van der Waals surface area contributed by atoms with Gasteiger partial charge in [-0.25, -0.2) is 0 Å². The van der Waals surface area contributed by atoms with Gasteiger partial charge in [0.1, 0.15) is 11.2 Å². The van der Waals surface area contributed by atoms with E-state index >= 15 is 0 Å². The first kappa shape index (κ1) is 19.5. The molecule has 1 amide bonds. The van der Waals surface area contributed by atoms with E-state index in [0.29, 0.717) is 24.8 Å². The summed E-state index contributed by atoms with van der Waals surface area (Å²) in [4.78, 5) is 24.2. The molecule has 0 bridgehead atoms. The van der Waals surface area contributed by atoms with Gasteiger partial charge in [0.2, 0.25) is 5.91 Å². The van der Waals surface area contributed by atoms with Gasteiger partial charge in [-0.05, 0) is 36.1 Å². The SMILES string of the molecule is CCC(CNC(=O)CCc1ccc(OC)cc1)(C(=O)O)c1ccccc1. The second kappa shape index (κ2) is 9.04. The van der Waals surface area contributed by atoms with Crippen LogP contribution < -0.4 is 10.1 Å². The van der Waals surface area contributed by atoms with Crippen molar-refractivity contribution in [3.63, 3.8) is 0 Å². The van der Waals surface area contributed by atoms with Gasteiger partial charge in [-0.1, -0.05) is 49.4 Å². The summed E-state index contributed by atoms with van der Waals surface area (Å²) in [5.74, 6) is -0.312. The maximum atomic E-state index is 12.2. The summed E-state index contributed by atoms with van der Waals surface area (Å²) in [6, 6.07) is 16.6. The topological polar surface area (TPSA) is 75.6 Å². The van der Waals surface area contributed by atoms with Crippen molar-refractivity contribution in [1.82, 2.24) is 5.32 Å². The van der Waals surface area contributed by atoms with Crippen LogP contribution in [-0.2, 0) is 21.4 Å². The van der Waals surface area contributed by atoms with Crippen molar-refractivity contribution in [2.75, 3.05) is 13.7 Å². The average molecular weight is 355 g/mol. The zero-order chi connectivity index (χ0) is 19.0. The Hall–Kier alpha value is -2.82. The molecule has 5 nitrogen and oxygen atoms in total. The van der Waals surface area contributed by atoms with Crippen molar-refractivity contribution in [2.24, 2.45) is 0 Å². The fourth-order valence-corrected chi connectivity index (χ4v) is 2.93. The van der Waals surface area contributed by atoms with Crippen LogP contribution >= 0.6 is 0 Å². The number of carboxylic acids is 1. The number of carbonyl (C=O) groups is 2. The number of hydrogen-bond acceptors (Lipinski definition) is 3. The highest BCUT2D eigenvalue weighted by molar-refractivity contribution is 5.83. The lowest BCUT2D eigenvalue weighted by Gasteiger charge is -2.29. The minimum absolute atomic E-state index is 0.0737. The maximum absolute atomic E-state index is 12.2. The molecule has 1 unspecified atom stereocenters. The Bertz CT molecular complexity index is 727. The lowest BCUT2D eigenvalue weighted by molar-refractivity contribution is -0.144. The third-order valence-corrected chi connectivity index (χ3v) is 4.73. The van der Waals surface area contributed by atoms with Crippen LogP contribution in [0.5, 0.6) is 5.75 Å². The normalized spacial score (nSPS) is 12.8. The zero-order valence-electron chi connectivity index (χ0n) is 15.2. The second-order valence-electron chi connectivity index (χ2n) is 6.23. The van der Waals surface area contributed by atoms with Crippen LogP contribution in [0.2, 0.25) is 0 Å². The molecule has 2 aromatic rings. The third kappa shape index (κ3) is 4.63. The number of carbonyl (C=O) groups excluding carboxylic acids is 1. The summed E-state index contributed by atoms with van der Waals surface area (Å²) in [7, 11) is 1.61. The van der Waals surface area contributed by atoms with Crippen LogP contribution in [0, 0.1) is 0 Å². The van der Waals surface area contributed by atoms with Gasteiger partial charge in [0.05, 0.1) is 7.11 Å². The summed E-state index contributed by atoms with van der Waals surface area (Å²) in [6.45, 7) is 1.90. The molecule has 26 heavy (non-hydrogen) atoms. The molecule has 0 radical (unpaired) electrons. The van der Waals surface area contributed by atoms with E-state index in [0.717, 1.165) is 11.3 Å². The van der Waals surface area contributed by atoms with E-state index in [1.54, 1.807) is 19.2 Å². The second-order valence-corrected chi connectivity index (χ2v) is 6.23. The largest absolute Gasteiger partial charge is 0.497 e. The summed E-state index contributed by atoms with van der Waals surface area (Å²) >= 11 is 0. The molecule has 0 fully saturated rings. The number of nitrogens with one attached hydrogen (secondary N) is 1. The van der Waals surface area contributed by atoms with Crippen molar-refractivity contribution >= 4 is 11.9 Å². The van der Waals surface area contributed by atoms with Crippen molar-refractivity contribution in [2.45, 2.75) is 31.6 Å². The number of rotatable bonds is 9. The molecule has 2 N–H and O–H groups in total. The van der Waals surface area contributed by atoms with Gasteiger partial charge < -0.3 is 15.2 Å². The van der Waals surface area contributed by atoms with Gasteiger partial charge in [0.15, 0.2) is 0 Å². The lowest BCUT2D eigenvalue weighted by Crippen LogP contribution is -2.46. The molecular weight excluding hydrogens is 330 g/mol. The highest BCUT2D eigenvalue weighted by atomic mass is 16.5. The van der Waals surface area contributed by atoms with Gasteiger partial charge in [0, 0.05) is 13.0 Å². The molecule has 0 saturated heterocycles. The predicted molar refractivity (Wildman–Crippen MR) is 100 cm³/mol. The first-order valence-electron chi connectivity index (χ1n) is 8.70. The Morgan fingerprint density at radius 2 is 1.73 bits per heavy atom. The Balaban J connectivity index is 1.97. The smallest absolute Gasteiger partial charge is 0.315 e. The molecule has 1 atom stereocenters. The summed E-state index contributed by atoms with van der Waals surface area (Å²) in [5.41, 5.74) is 0.617. The van der Waals surface area contributed by atoms with E-state index in [9.17, 15) is 14.7 Å². The van der Waals surface area contributed by atoms with Gasteiger partial charge in [-0.2, -0.15) is 0 Å². The van der Waals surface area contributed by atoms with E-state index in [2.05, 4.69) is 5.32 Å². The predicted octanol–water partition coefficient (Wildman–Crippen LogP) is 3.18. The van der Waals surface area contributed by atoms with Gasteiger partial charge in [-0.15, -0.1) is 0 Å². The Kier molecular flexibility index (Phi) is 6.78. The highest BCUT2D eigenvalue weighted by Crippen LogP contribution is 2.28. The third-order valence-electron chi connectivity index (χ3n) is 4.73.